The Hall–Kier alpha value is -4.38. The van der Waals surface area contributed by atoms with Crippen molar-refractivity contribution < 1.29 is 28.6 Å². The van der Waals surface area contributed by atoms with E-state index in [0.29, 0.717) is 32.2 Å². The highest BCUT2D eigenvalue weighted by atomic mass is 79.9. The van der Waals surface area contributed by atoms with Crippen molar-refractivity contribution in [3.8, 4) is 17.2 Å². The Morgan fingerprint density at radius 2 is 1.71 bits per heavy atom. The summed E-state index contributed by atoms with van der Waals surface area (Å²) in [5.41, 5.74) is 3.99. The molecule has 1 heterocycles. The predicted molar refractivity (Wildman–Crippen MR) is 158 cm³/mol. The summed E-state index contributed by atoms with van der Waals surface area (Å²) >= 11 is 15.4. The number of esters is 1. The van der Waals surface area contributed by atoms with Gasteiger partial charge in [-0.1, -0.05) is 45.2 Å². The summed E-state index contributed by atoms with van der Waals surface area (Å²) in [7, 11) is 0. The zero-order valence-corrected chi connectivity index (χ0v) is 23.9. The number of halogens is 3. The summed E-state index contributed by atoms with van der Waals surface area (Å²) in [6.45, 7) is 0.0874. The van der Waals surface area contributed by atoms with Gasteiger partial charge in [-0.15, -0.1) is 0 Å². The van der Waals surface area contributed by atoms with Crippen LogP contribution in [0.25, 0.3) is 0 Å². The maximum Gasteiger partial charge on any atom is 0.343 e. The number of hydrogen-bond acceptors (Lipinski definition) is 7. The molecule has 0 unspecified atom stereocenters. The number of nitrogens with one attached hydrogen (secondary N) is 2. The fourth-order valence-electron chi connectivity index (χ4n) is 3.73. The quantitative estimate of drug-likeness (QED) is 0.0990. The Morgan fingerprint density at radius 3 is 2.54 bits per heavy atom. The first-order chi connectivity index (χ1) is 19.8. The average molecular weight is 655 g/mol. The van der Waals surface area contributed by atoms with Gasteiger partial charge in [0.2, 0.25) is 6.79 Å². The van der Waals surface area contributed by atoms with Crippen molar-refractivity contribution in [2.24, 2.45) is 5.10 Å². The normalized spacial score (nSPS) is 11.8. The smallest absolute Gasteiger partial charge is 0.343 e. The molecule has 41 heavy (non-hydrogen) atoms. The minimum atomic E-state index is -0.608. The maximum atomic E-state index is 12.8. The van der Waals surface area contributed by atoms with Crippen molar-refractivity contribution in [1.29, 1.82) is 0 Å². The zero-order valence-electron chi connectivity index (χ0n) is 20.8. The molecule has 2 N–H and O–H groups in total. The molecule has 0 aliphatic carbocycles. The van der Waals surface area contributed by atoms with Gasteiger partial charge in [0.15, 0.2) is 11.5 Å². The number of anilines is 1. The number of hydrazone groups is 1. The number of fused-ring (bicyclic) bond motifs is 1. The highest BCUT2D eigenvalue weighted by molar-refractivity contribution is 9.10. The number of ether oxygens (including phenoxy) is 3. The molecule has 4 aromatic rings. The van der Waals surface area contributed by atoms with Gasteiger partial charge in [0.05, 0.1) is 22.4 Å². The Bertz CT molecular complexity index is 1710. The molecule has 0 saturated heterocycles. The minimum absolute atomic E-state index is 0.0874. The molecule has 0 bridgehead atoms. The molecule has 2 amide bonds. The summed E-state index contributed by atoms with van der Waals surface area (Å²) in [5, 5.41) is 7.32. The summed E-state index contributed by atoms with van der Waals surface area (Å²) in [5.74, 6) is -0.372. The minimum Gasteiger partial charge on any atom is -0.454 e. The molecular weight excluding hydrogens is 637 g/mol. The van der Waals surface area contributed by atoms with Crippen LogP contribution in [0, 0.1) is 0 Å². The highest BCUT2D eigenvalue weighted by Gasteiger charge is 2.18. The monoisotopic (exact) mass is 653 g/mol. The number of rotatable bonds is 7. The van der Waals surface area contributed by atoms with Crippen molar-refractivity contribution in [1.82, 2.24) is 5.43 Å². The van der Waals surface area contributed by atoms with E-state index in [1.807, 2.05) is 0 Å². The van der Waals surface area contributed by atoms with E-state index in [1.54, 1.807) is 54.6 Å². The zero-order chi connectivity index (χ0) is 28.9. The van der Waals surface area contributed by atoms with Crippen LogP contribution in [0.1, 0.15) is 36.6 Å². The molecule has 0 atom stereocenters. The summed E-state index contributed by atoms with van der Waals surface area (Å²) in [6.07, 6.45) is 1.35. The van der Waals surface area contributed by atoms with Crippen LogP contribution in [0.2, 0.25) is 10.0 Å². The molecule has 0 fully saturated rings. The molecular formula is C29H18BrCl2N3O6. The molecule has 0 spiro atoms. The fourth-order valence-corrected chi connectivity index (χ4v) is 4.60. The van der Waals surface area contributed by atoms with Gasteiger partial charge in [-0.3, -0.25) is 9.59 Å². The van der Waals surface area contributed by atoms with Crippen LogP contribution in [0.5, 0.6) is 17.2 Å². The number of carbonyl (C=O) groups excluding carboxylic acids is 3. The van der Waals surface area contributed by atoms with Crippen molar-refractivity contribution in [3.05, 3.63) is 116 Å². The van der Waals surface area contributed by atoms with Gasteiger partial charge in [0.25, 0.3) is 11.8 Å². The van der Waals surface area contributed by atoms with Crippen LogP contribution in [0.15, 0.2) is 88.4 Å². The standard InChI is InChI=1S/C29H18BrCl2N3O6/c30-19-5-9-24(41-29(38)17-4-8-25-26(12-17)40-15-39-25)18(10-19)14-33-35-27(36)16-2-1-3-21(11-16)34-28(37)22-7-6-20(31)13-23(22)32/h1-14H,15H2,(H,34,37)(H,35,36). The van der Waals surface area contributed by atoms with E-state index < -0.39 is 17.8 Å². The first-order valence-electron chi connectivity index (χ1n) is 11.9. The molecule has 1 aliphatic rings. The molecule has 0 saturated carbocycles. The van der Waals surface area contributed by atoms with Gasteiger partial charge in [-0.25, -0.2) is 10.2 Å². The van der Waals surface area contributed by atoms with Gasteiger partial charge >= 0.3 is 5.97 Å². The molecule has 1 aliphatic heterocycles. The first-order valence-corrected chi connectivity index (χ1v) is 13.4. The highest BCUT2D eigenvalue weighted by Crippen LogP contribution is 2.33. The van der Waals surface area contributed by atoms with Gasteiger partial charge < -0.3 is 19.5 Å². The van der Waals surface area contributed by atoms with Crippen LogP contribution in [0.3, 0.4) is 0 Å². The van der Waals surface area contributed by atoms with E-state index in [4.69, 9.17) is 37.4 Å². The molecule has 206 valence electrons. The molecule has 4 aromatic carbocycles. The van der Waals surface area contributed by atoms with Crippen molar-refractivity contribution >= 4 is 68.8 Å². The third-order valence-electron chi connectivity index (χ3n) is 5.71. The SMILES string of the molecule is O=C(NN=Cc1cc(Br)ccc1OC(=O)c1ccc2c(c1)OCO2)c1cccc(NC(=O)c2ccc(Cl)cc2Cl)c1. The second kappa shape index (κ2) is 12.4. The predicted octanol–water partition coefficient (Wildman–Crippen LogP) is 6.72. The van der Waals surface area contributed by atoms with Gasteiger partial charge in [0, 0.05) is 26.3 Å². The van der Waals surface area contributed by atoms with Gasteiger partial charge in [-0.05, 0) is 72.8 Å². The number of nitrogens with zero attached hydrogens (tertiary/aromatic N) is 1. The van der Waals surface area contributed by atoms with E-state index in [9.17, 15) is 14.4 Å². The van der Waals surface area contributed by atoms with Crippen molar-refractivity contribution in [2.45, 2.75) is 0 Å². The topological polar surface area (TPSA) is 115 Å². The van der Waals surface area contributed by atoms with Crippen LogP contribution in [-0.2, 0) is 0 Å². The van der Waals surface area contributed by atoms with Crippen LogP contribution in [-0.4, -0.2) is 30.8 Å². The lowest BCUT2D eigenvalue weighted by Crippen LogP contribution is -2.18. The Balaban J connectivity index is 1.25. The summed E-state index contributed by atoms with van der Waals surface area (Å²) < 4.78 is 16.9. The third kappa shape index (κ3) is 6.86. The number of amides is 2. The molecule has 5 rings (SSSR count). The fraction of sp³-hybridized carbons (Fsp3) is 0.0345. The van der Waals surface area contributed by atoms with Gasteiger partial charge in [0.1, 0.15) is 5.75 Å². The average Bonchev–Trinajstić information content (AvgIpc) is 3.42. The van der Waals surface area contributed by atoms with E-state index in [-0.39, 0.29) is 34.3 Å². The lowest BCUT2D eigenvalue weighted by Gasteiger charge is -2.09. The maximum absolute atomic E-state index is 12.8. The van der Waals surface area contributed by atoms with E-state index in [0.717, 1.165) is 0 Å². The second-order valence-electron chi connectivity index (χ2n) is 8.50. The largest absolute Gasteiger partial charge is 0.454 e. The Morgan fingerprint density at radius 1 is 0.878 bits per heavy atom. The Labute approximate surface area is 252 Å². The van der Waals surface area contributed by atoms with E-state index in [1.165, 1.54) is 30.5 Å². The summed E-state index contributed by atoms with van der Waals surface area (Å²) in [4.78, 5) is 38.1. The Kier molecular flexibility index (Phi) is 8.53. The van der Waals surface area contributed by atoms with Crippen LogP contribution in [0.4, 0.5) is 5.69 Å². The molecule has 0 aromatic heterocycles. The van der Waals surface area contributed by atoms with Crippen LogP contribution < -0.4 is 25.0 Å². The number of benzene rings is 4. The van der Waals surface area contributed by atoms with Crippen molar-refractivity contribution in [3.63, 3.8) is 0 Å². The van der Waals surface area contributed by atoms with E-state index in [2.05, 4.69) is 31.8 Å². The van der Waals surface area contributed by atoms with E-state index >= 15 is 0 Å². The molecule has 12 heteroatoms. The summed E-state index contributed by atoms with van der Waals surface area (Å²) in [6, 6.07) is 20.5. The van der Waals surface area contributed by atoms with Crippen molar-refractivity contribution in [2.75, 3.05) is 12.1 Å². The number of carbonyl (C=O) groups is 3. The lowest BCUT2D eigenvalue weighted by molar-refractivity contribution is 0.0733. The van der Waals surface area contributed by atoms with Gasteiger partial charge in [-0.2, -0.15) is 5.10 Å². The van der Waals surface area contributed by atoms with Crippen LogP contribution >= 0.6 is 39.1 Å². The molecule has 0 radical (unpaired) electrons. The lowest BCUT2D eigenvalue weighted by atomic mass is 10.1. The third-order valence-corrected chi connectivity index (χ3v) is 6.75. The molecule has 9 nitrogen and oxygen atoms in total. The number of hydrogen-bond donors (Lipinski definition) is 2. The first kappa shape index (κ1) is 28.2. The second-order valence-corrected chi connectivity index (χ2v) is 10.3.